The van der Waals surface area contributed by atoms with E-state index in [9.17, 15) is 23.1 Å². The molecular formula is C19H19ClF3NO3. The maximum Gasteiger partial charge on any atom is 0.416 e. The summed E-state index contributed by atoms with van der Waals surface area (Å²) in [7, 11) is 0. The van der Waals surface area contributed by atoms with Crippen LogP contribution < -0.4 is 10.1 Å². The van der Waals surface area contributed by atoms with Crippen LogP contribution in [-0.2, 0) is 11.0 Å². The Morgan fingerprint density at radius 2 is 1.67 bits per heavy atom. The Labute approximate surface area is 159 Å². The van der Waals surface area contributed by atoms with Crippen molar-refractivity contribution in [1.82, 2.24) is 5.32 Å². The highest BCUT2D eigenvalue weighted by Crippen LogP contribution is 2.30. The summed E-state index contributed by atoms with van der Waals surface area (Å²) in [6.07, 6.45) is -5.59. The first-order valence-electron chi connectivity index (χ1n) is 8.07. The molecule has 2 aromatic rings. The number of benzene rings is 2. The summed E-state index contributed by atoms with van der Waals surface area (Å²) in [6.45, 7) is 2.94. The number of halogens is 4. The topological polar surface area (TPSA) is 58.6 Å². The first-order chi connectivity index (χ1) is 12.5. The summed E-state index contributed by atoms with van der Waals surface area (Å²) in [5, 5.41) is 13.2. The Bertz CT molecular complexity index is 774. The molecule has 0 fully saturated rings. The van der Waals surface area contributed by atoms with E-state index in [2.05, 4.69) is 5.32 Å². The fraction of sp³-hybridized carbons (Fsp3) is 0.316. The Balaban J connectivity index is 1.94. The minimum atomic E-state index is -4.44. The van der Waals surface area contributed by atoms with Gasteiger partial charge >= 0.3 is 6.18 Å². The summed E-state index contributed by atoms with van der Waals surface area (Å²) in [5.41, 5.74) is -1.77. The van der Waals surface area contributed by atoms with Crippen molar-refractivity contribution in [3.63, 3.8) is 0 Å². The van der Waals surface area contributed by atoms with Gasteiger partial charge in [-0.3, -0.25) is 4.79 Å². The van der Waals surface area contributed by atoms with E-state index in [0.29, 0.717) is 10.8 Å². The monoisotopic (exact) mass is 401 g/mol. The Hall–Kier alpha value is -2.25. The van der Waals surface area contributed by atoms with Crippen molar-refractivity contribution in [1.29, 1.82) is 0 Å². The second kappa shape index (κ2) is 8.19. The molecule has 0 aliphatic carbocycles. The minimum absolute atomic E-state index is 0.169. The van der Waals surface area contributed by atoms with Gasteiger partial charge in [0.15, 0.2) is 5.60 Å². The average molecular weight is 402 g/mol. The minimum Gasteiger partial charge on any atom is -0.478 e. The number of aliphatic hydroxyl groups is 1. The van der Waals surface area contributed by atoms with Gasteiger partial charge in [-0.2, -0.15) is 13.2 Å². The number of carbonyl (C=O) groups is 1. The SMILES string of the molecule is CC(C)(Oc1ccc(Cl)cc1)C(=O)NCC(O)c1ccc(C(F)(F)F)cc1. The van der Waals surface area contributed by atoms with Gasteiger partial charge in [0.25, 0.3) is 5.91 Å². The second-order valence-electron chi connectivity index (χ2n) is 6.41. The fourth-order valence-electron chi connectivity index (χ4n) is 2.26. The van der Waals surface area contributed by atoms with Crippen molar-refractivity contribution in [2.24, 2.45) is 0 Å². The highest BCUT2D eigenvalue weighted by atomic mass is 35.5. The molecule has 0 spiro atoms. The molecule has 0 bridgehead atoms. The Morgan fingerprint density at radius 1 is 1.11 bits per heavy atom. The number of amides is 1. The van der Waals surface area contributed by atoms with Crippen molar-refractivity contribution in [3.8, 4) is 5.75 Å². The lowest BCUT2D eigenvalue weighted by molar-refractivity contribution is -0.137. The largest absolute Gasteiger partial charge is 0.478 e. The zero-order valence-corrected chi connectivity index (χ0v) is 15.4. The summed E-state index contributed by atoms with van der Waals surface area (Å²) in [4.78, 5) is 12.3. The molecule has 2 N–H and O–H groups in total. The quantitative estimate of drug-likeness (QED) is 0.755. The Kier molecular flexibility index (Phi) is 6.38. The fourth-order valence-corrected chi connectivity index (χ4v) is 2.38. The molecule has 27 heavy (non-hydrogen) atoms. The first kappa shape index (κ1) is 21.1. The third-order valence-electron chi connectivity index (χ3n) is 3.81. The van der Waals surface area contributed by atoms with Gasteiger partial charge in [-0.1, -0.05) is 23.7 Å². The summed E-state index contributed by atoms with van der Waals surface area (Å²) in [5.74, 6) is -0.0359. The molecule has 0 aromatic heterocycles. The highest BCUT2D eigenvalue weighted by Gasteiger charge is 2.31. The number of rotatable bonds is 6. The summed E-state index contributed by atoms with van der Waals surface area (Å²) >= 11 is 5.80. The van der Waals surface area contributed by atoms with Crippen LogP contribution in [0.15, 0.2) is 48.5 Å². The van der Waals surface area contributed by atoms with Gasteiger partial charge in [0.1, 0.15) is 5.75 Å². The molecular weight excluding hydrogens is 383 g/mol. The molecule has 0 saturated heterocycles. The van der Waals surface area contributed by atoms with Crippen LogP contribution >= 0.6 is 11.6 Å². The summed E-state index contributed by atoms with van der Waals surface area (Å²) < 4.78 is 43.3. The van der Waals surface area contributed by atoms with Crippen LogP contribution in [0.1, 0.15) is 31.1 Å². The lowest BCUT2D eigenvalue weighted by atomic mass is 10.1. The molecule has 4 nitrogen and oxygen atoms in total. The number of aliphatic hydroxyl groups excluding tert-OH is 1. The van der Waals surface area contributed by atoms with Crippen LogP contribution in [0.25, 0.3) is 0 Å². The molecule has 0 radical (unpaired) electrons. The van der Waals surface area contributed by atoms with Gasteiger partial charge in [0, 0.05) is 11.6 Å². The molecule has 0 aliphatic rings. The molecule has 1 amide bonds. The number of nitrogens with one attached hydrogen (secondary N) is 1. The maximum atomic E-state index is 12.6. The average Bonchev–Trinajstić information content (AvgIpc) is 2.60. The lowest BCUT2D eigenvalue weighted by Gasteiger charge is -2.26. The van der Waals surface area contributed by atoms with Crippen LogP contribution in [0.4, 0.5) is 13.2 Å². The van der Waals surface area contributed by atoms with E-state index in [0.717, 1.165) is 12.1 Å². The van der Waals surface area contributed by atoms with Crippen molar-refractivity contribution < 1.29 is 27.8 Å². The standard InChI is InChI=1S/C19H19ClF3NO3/c1-18(2,27-15-9-7-14(20)8-10-15)17(26)24-11-16(25)12-3-5-13(6-4-12)19(21,22)23/h3-10,16,25H,11H2,1-2H3,(H,24,26). The van der Waals surface area contributed by atoms with Gasteiger partial charge in [-0.25, -0.2) is 0 Å². The number of hydrogen-bond acceptors (Lipinski definition) is 3. The number of carbonyl (C=O) groups excluding carboxylic acids is 1. The molecule has 2 rings (SSSR count). The predicted molar refractivity (Wildman–Crippen MR) is 95.6 cm³/mol. The maximum absolute atomic E-state index is 12.6. The molecule has 8 heteroatoms. The number of ether oxygens (including phenoxy) is 1. The number of alkyl halides is 3. The Morgan fingerprint density at radius 3 is 2.19 bits per heavy atom. The van der Waals surface area contributed by atoms with Crippen molar-refractivity contribution >= 4 is 17.5 Å². The third kappa shape index (κ3) is 5.87. The zero-order valence-electron chi connectivity index (χ0n) is 14.7. The lowest BCUT2D eigenvalue weighted by Crippen LogP contribution is -2.47. The van der Waals surface area contributed by atoms with E-state index in [4.69, 9.17) is 16.3 Å². The van der Waals surface area contributed by atoms with Crippen LogP contribution in [-0.4, -0.2) is 23.2 Å². The van der Waals surface area contributed by atoms with Crippen molar-refractivity contribution in [2.45, 2.75) is 31.7 Å². The first-order valence-corrected chi connectivity index (χ1v) is 8.45. The van der Waals surface area contributed by atoms with E-state index in [-0.39, 0.29) is 12.1 Å². The van der Waals surface area contributed by atoms with E-state index in [1.807, 2.05) is 0 Å². The number of hydrogen-bond donors (Lipinski definition) is 2. The van der Waals surface area contributed by atoms with Gasteiger partial charge in [0.2, 0.25) is 0 Å². The van der Waals surface area contributed by atoms with E-state index in [1.54, 1.807) is 38.1 Å². The highest BCUT2D eigenvalue weighted by molar-refractivity contribution is 6.30. The van der Waals surface area contributed by atoms with Crippen LogP contribution in [0.2, 0.25) is 5.02 Å². The van der Waals surface area contributed by atoms with Gasteiger partial charge in [-0.05, 0) is 55.8 Å². The van der Waals surface area contributed by atoms with Crippen molar-refractivity contribution in [2.75, 3.05) is 6.54 Å². The molecule has 0 heterocycles. The molecule has 0 saturated carbocycles. The molecule has 0 aliphatic heterocycles. The zero-order chi connectivity index (χ0) is 20.2. The van der Waals surface area contributed by atoms with E-state index in [1.165, 1.54) is 12.1 Å². The van der Waals surface area contributed by atoms with Gasteiger partial charge in [0.05, 0.1) is 11.7 Å². The molecule has 146 valence electrons. The summed E-state index contributed by atoms with van der Waals surface area (Å²) in [6, 6.07) is 10.6. The molecule has 2 aromatic carbocycles. The second-order valence-corrected chi connectivity index (χ2v) is 6.85. The van der Waals surface area contributed by atoms with Crippen molar-refractivity contribution in [3.05, 3.63) is 64.7 Å². The molecule has 1 unspecified atom stereocenters. The third-order valence-corrected chi connectivity index (χ3v) is 4.06. The van der Waals surface area contributed by atoms with Crippen LogP contribution in [0.3, 0.4) is 0 Å². The van der Waals surface area contributed by atoms with E-state index < -0.39 is 29.4 Å². The van der Waals surface area contributed by atoms with Crippen LogP contribution in [0, 0.1) is 0 Å². The molecule has 1 atom stereocenters. The smallest absolute Gasteiger partial charge is 0.416 e. The normalized spacial score (nSPS) is 13.1. The van der Waals surface area contributed by atoms with Gasteiger partial charge < -0.3 is 15.2 Å². The van der Waals surface area contributed by atoms with E-state index >= 15 is 0 Å². The van der Waals surface area contributed by atoms with Crippen LogP contribution in [0.5, 0.6) is 5.75 Å². The predicted octanol–water partition coefficient (Wildman–Crippen LogP) is 4.37. The van der Waals surface area contributed by atoms with Gasteiger partial charge in [-0.15, -0.1) is 0 Å².